The van der Waals surface area contributed by atoms with E-state index in [1.807, 2.05) is 13.8 Å². The zero-order valence-corrected chi connectivity index (χ0v) is 11.2. The summed E-state index contributed by atoms with van der Waals surface area (Å²) in [5, 5.41) is 14.9. The number of para-hydroxylation sites is 1. The summed E-state index contributed by atoms with van der Waals surface area (Å²) in [5.41, 5.74) is 0.0664. The summed E-state index contributed by atoms with van der Waals surface area (Å²) in [6.07, 6.45) is 0. The molecule has 0 fully saturated rings. The van der Waals surface area contributed by atoms with E-state index >= 15 is 0 Å². The fourth-order valence-corrected chi connectivity index (χ4v) is 1.50. The SMILES string of the molecule is COc1cccc(C(=O)NCC(=O)NC(C)C)c1O. The van der Waals surface area contributed by atoms with Crippen LogP contribution in [0.1, 0.15) is 24.2 Å². The number of rotatable bonds is 5. The second-order valence-corrected chi connectivity index (χ2v) is 4.26. The molecule has 1 aromatic rings. The van der Waals surface area contributed by atoms with Crippen LogP contribution >= 0.6 is 0 Å². The molecular formula is C13H18N2O4. The van der Waals surface area contributed by atoms with Crippen LogP contribution < -0.4 is 15.4 Å². The minimum Gasteiger partial charge on any atom is -0.504 e. The van der Waals surface area contributed by atoms with Gasteiger partial charge in [-0.05, 0) is 26.0 Å². The number of phenolic OH excluding ortho intramolecular Hbond substituents is 1. The molecule has 0 aromatic heterocycles. The zero-order valence-electron chi connectivity index (χ0n) is 11.2. The van der Waals surface area contributed by atoms with E-state index in [2.05, 4.69) is 10.6 Å². The molecule has 0 spiro atoms. The van der Waals surface area contributed by atoms with Gasteiger partial charge in [-0.3, -0.25) is 9.59 Å². The number of aromatic hydroxyl groups is 1. The Balaban J connectivity index is 2.66. The van der Waals surface area contributed by atoms with E-state index in [0.717, 1.165) is 0 Å². The first kappa shape index (κ1) is 14.8. The predicted molar refractivity (Wildman–Crippen MR) is 70.3 cm³/mol. The van der Waals surface area contributed by atoms with Gasteiger partial charge >= 0.3 is 0 Å². The Hall–Kier alpha value is -2.24. The molecule has 0 unspecified atom stereocenters. The van der Waals surface area contributed by atoms with Crippen molar-refractivity contribution in [1.29, 1.82) is 0 Å². The second-order valence-electron chi connectivity index (χ2n) is 4.26. The molecule has 0 saturated carbocycles. The topological polar surface area (TPSA) is 87.7 Å². The highest BCUT2D eigenvalue weighted by molar-refractivity contribution is 5.99. The number of carbonyl (C=O) groups is 2. The van der Waals surface area contributed by atoms with E-state index in [1.165, 1.54) is 19.2 Å². The van der Waals surface area contributed by atoms with Crippen LogP contribution in [0.15, 0.2) is 18.2 Å². The number of hydrogen-bond donors (Lipinski definition) is 3. The van der Waals surface area contributed by atoms with Gasteiger partial charge in [0.1, 0.15) is 0 Å². The van der Waals surface area contributed by atoms with Crippen molar-refractivity contribution in [3.63, 3.8) is 0 Å². The number of ether oxygens (including phenoxy) is 1. The molecular weight excluding hydrogens is 248 g/mol. The third-order valence-electron chi connectivity index (χ3n) is 2.32. The van der Waals surface area contributed by atoms with Crippen molar-refractivity contribution in [2.24, 2.45) is 0 Å². The molecule has 19 heavy (non-hydrogen) atoms. The predicted octanol–water partition coefficient (Wildman–Crippen LogP) is 0.655. The van der Waals surface area contributed by atoms with Crippen LogP contribution in [-0.4, -0.2) is 36.6 Å². The van der Waals surface area contributed by atoms with E-state index in [9.17, 15) is 14.7 Å². The lowest BCUT2D eigenvalue weighted by Gasteiger charge is -2.11. The molecule has 0 bridgehead atoms. The lowest BCUT2D eigenvalue weighted by molar-refractivity contribution is -0.120. The van der Waals surface area contributed by atoms with Crippen molar-refractivity contribution in [2.75, 3.05) is 13.7 Å². The summed E-state index contributed by atoms with van der Waals surface area (Å²) in [6, 6.07) is 4.59. The molecule has 0 atom stereocenters. The van der Waals surface area contributed by atoms with Gasteiger partial charge in [0.25, 0.3) is 5.91 Å². The monoisotopic (exact) mass is 266 g/mol. The van der Waals surface area contributed by atoms with Crippen LogP contribution in [0.5, 0.6) is 11.5 Å². The third kappa shape index (κ3) is 4.17. The number of methoxy groups -OCH3 is 1. The second kappa shape index (κ2) is 6.63. The first-order chi connectivity index (χ1) is 8.95. The van der Waals surface area contributed by atoms with Crippen LogP contribution in [0.2, 0.25) is 0 Å². The molecule has 0 saturated heterocycles. The summed E-state index contributed by atoms with van der Waals surface area (Å²) in [6.45, 7) is 3.51. The Labute approximate surface area is 111 Å². The lowest BCUT2D eigenvalue weighted by Crippen LogP contribution is -2.39. The smallest absolute Gasteiger partial charge is 0.255 e. The third-order valence-corrected chi connectivity index (χ3v) is 2.32. The Kier molecular flexibility index (Phi) is 5.17. The molecule has 0 aliphatic heterocycles. The average Bonchev–Trinajstić information content (AvgIpc) is 2.35. The normalized spacial score (nSPS) is 10.1. The molecule has 6 heteroatoms. The summed E-state index contributed by atoms with van der Waals surface area (Å²) < 4.78 is 4.90. The van der Waals surface area contributed by atoms with Crippen molar-refractivity contribution in [1.82, 2.24) is 10.6 Å². The summed E-state index contributed by atoms with van der Waals surface area (Å²) in [5.74, 6) is -0.855. The maximum Gasteiger partial charge on any atom is 0.255 e. The van der Waals surface area contributed by atoms with Crippen molar-refractivity contribution in [2.45, 2.75) is 19.9 Å². The van der Waals surface area contributed by atoms with Crippen LogP contribution in [0.3, 0.4) is 0 Å². The van der Waals surface area contributed by atoms with Gasteiger partial charge in [-0.25, -0.2) is 0 Å². The molecule has 104 valence electrons. The number of hydrogen-bond acceptors (Lipinski definition) is 4. The van der Waals surface area contributed by atoms with Gasteiger partial charge in [0.15, 0.2) is 11.5 Å². The molecule has 0 aliphatic carbocycles. The van der Waals surface area contributed by atoms with Gasteiger partial charge in [-0.2, -0.15) is 0 Å². The standard InChI is InChI=1S/C13H18N2O4/c1-8(2)15-11(16)7-14-13(18)9-5-4-6-10(19-3)12(9)17/h4-6,8,17H,7H2,1-3H3,(H,14,18)(H,15,16). The summed E-state index contributed by atoms with van der Waals surface area (Å²) in [7, 11) is 1.40. The van der Waals surface area contributed by atoms with Crippen molar-refractivity contribution in [3.05, 3.63) is 23.8 Å². The summed E-state index contributed by atoms with van der Waals surface area (Å²) in [4.78, 5) is 23.2. The van der Waals surface area contributed by atoms with E-state index in [-0.39, 0.29) is 35.6 Å². The van der Waals surface area contributed by atoms with Crippen LogP contribution in [-0.2, 0) is 4.79 Å². The average molecular weight is 266 g/mol. The van der Waals surface area contributed by atoms with Crippen molar-refractivity contribution in [3.8, 4) is 11.5 Å². The van der Waals surface area contributed by atoms with E-state index in [1.54, 1.807) is 6.07 Å². The molecule has 2 amide bonds. The number of carbonyl (C=O) groups excluding carboxylic acids is 2. The van der Waals surface area contributed by atoms with E-state index < -0.39 is 5.91 Å². The molecule has 0 radical (unpaired) electrons. The molecule has 1 aromatic carbocycles. The Morgan fingerprint density at radius 2 is 2.05 bits per heavy atom. The number of nitrogens with one attached hydrogen (secondary N) is 2. The first-order valence-electron chi connectivity index (χ1n) is 5.89. The molecule has 0 aliphatic rings. The first-order valence-corrected chi connectivity index (χ1v) is 5.89. The Bertz CT molecular complexity index is 472. The maximum atomic E-state index is 11.8. The fraction of sp³-hybridized carbons (Fsp3) is 0.385. The summed E-state index contributed by atoms with van der Waals surface area (Å²) >= 11 is 0. The number of benzene rings is 1. The van der Waals surface area contributed by atoms with E-state index in [4.69, 9.17) is 4.74 Å². The lowest BCUT2D eigenvalue weighted by atomic mass is 10.1. The highest BCUT2D eigenvalue weighted by Crippen LogP contribution is 2.28. The number of amides is 2. The molecule has 6 nitrogen and oxygen atoms in total. The van der Waals surface area contributed by atoms with Gasteiger partial charge in [0.2, 0.25) is 5.91 Å². The highest BCUT2D eigenvalue weighted by atomic mass is 16.5. The van der Waals surface area contributed by atoms with Gasteiger partial charge in [-0.15, -0.1) is 0 Å². The maximum absolute atomic E-state index is 11.8. The number of phenols is 1. The van der Waals surface area contributed by atoms with Gasteiger partial charge in [0.05, 0.1) is 19.2 Å². The zero-order chi connectivity index (χ0) is 14.4. The minimum atomic E-state index is -0.532. The molecule has 0 heterocycles. The van der Waals surface area contributed by atoms with Crippen LogP contribution in [0, 0.1) is 0 Å². The van der Waals surface area contributed by atoms with Gasteiger partial charge in [-0.1, -0.05) is 6.07 Å². The van der Waals surface area contributed by atoms with Crippen molar-refractivity contribution < 1.29 is 19.4 Å². The van der Waals surface area contributed by atoms with Gasteiger partial charge < -0.3 is 20.5 Å². The van der Waals surface area contributed by atoms with Crippen molar-refractivity contribution >= 4 is 11.8 Å². The molecule has 1 rings (SSSR count). The van der Waals surface area contributed by atoms with Gasteiger partial charge in [0, 0.05) is 6.04 Å². The quantitative estimate of drug-likeness (QED) is 0.730. The fourth-order valence-electron chi connectivity index (χ4n) is 1.50. The molecule has 3 N–H and O–H groups in total. The minimum absolute atomic E-state index is 0.00891. The van der Waals surface area contributed by atoms with Crippen LogP contribution in [0.4, 0.5) is 0 Å². The Morgan fingerprint density at radius 3 is 2.63 bits per heavy atom. The highest BCUT2D eigenvalue weighted by Gasteiger charge is 2.15. The Morgan fingerprint density at radius 1 is 1.37 bits per heavy atom. The van der Waals surface area contributed by atoms with Crippen LogP contribution in [0.25, 0.3) is 0 Å². The van der Waals surface area contributed by atoms with E-state index in [0.29, 0.717) is 0 Å². The largest absolute Gasteiger partial charge is 0.504 e.